The highest BCUT2D eigenvalue weighted by molar-refractivity contribution is 6.05. The molecule has 0 spiro atoms. The van der Waals surface area contributed by atoms with Gasteiger partial charge in [-0.3, -0.25) is 9.59 Å². The first-order valence-electron chi connectivity index (χ1n) is 6.05. The number of hydrogen-bond acceptors (Lipinski definition) is 4. The number of Topliss-reactive ketones (excluding diaryl/α,β-unsaturated/α-hetero) is 2. The van der Waals surface area contributed by atoms with Gasteiger partial charge in [-0.15, -0.1) is 0 Å². The predicted octanol–water partition coefficient (Wildman–Crippen LogP) is 0.853. The van der Waals surface area contributed by atoms with Gasteiger partial charge in [-0.05, 0) is 19.3 Å². The average Bonchev–Trinajstić information content (AvgIpc) is 2.25. The molecule has 0 bridgehead atoms. The molecule has 1 saturated carbocycles. The number of hydrogen-bond donors (Lipinski definition) is 1. The Balaban J connectivity index is 2.15. The van der Waals surface area contributed by atoms with Crippen molar-refractivity contribution in [3.05, 3.63) is 0 Å². The van der Waals surface area contributed by atoms with Crippen molar-refractivity contribution in [2.45, 2.75) is 57.3 Å². The van der Waals surface area contributed by atoms with Gasteiger partial charge >= 0.3 is 0 Å². The maximum absolute atomic E-state index is 11.9. The molecule has 1 N–H and O–H groups in total. The second-order valence-electron chi connectivity index (χ2n) is 4.69. The van der Waals surface area contributed by atoms with Crippen molar-refractivity contribution in [2.75, 3.05) is 0 Å². The highest BCUT2D eigenvalue weighted by Gasteiger charge is 2.48. The Morgan fingerprint density at radius 2 is 2.19 bits per heavy atom. The van der Waals surface area contributed by atoms with Crippen molar-refractivity contribution in [3.63, 3.8) is 0 Å². The van der Waals surface area contributed by atoms with Gasteiger partial charge in [-0.1, -0.05) is 13.3 Å². The summed E-state index contributed by atoms with van der Waals surface area (Å²) in [5.41, 5.74) is 0. The number of fused-ring (bicyclic) bond motifs is 1. The Bertz CT molecular complexity index is 299. The Hall–Kier alpha value is -0.740. The standard InChI is InChI=1S/C12H18O4/c1-2-4-9-11(14)12(15)10-7(13)5-3-6-8(10)16-9/h8-11,14H,2-6H2,1H3/t8?,9-,10?,11-/m1/s1. The molecule has 1 aliphatic carbocycles. The first-order chi connectivity index (χ1) is 7.65. The van der Waals surface area contributed by atoms with E-state index in [-0.39, 0.29) is 17.7 Å². The molecule has 0 radical (unpaired) electrons. The van der Waals surface area contributed by atoms with Crippen LogP contribution in [0.1, 0.15) is 39.0 Å². The van der Waals surface area contributed by atoms with Crippen molar-refractivity contribution < 1.29 is 19.4 Å². The average molecular weight is 226 g/mol. The van der Waals surface area contributed by atoms with E-state index in [2.05, 4.69) is 0 Å². The van der Waals surface area contributed by atoms with Crippen LogP contribution in [0.4, 0.5) is 0 Å². The number of carbonyl (C=O) groups is 2. The Kier molecular flexibility index (Phi) is 3.40. The van der Waals surface area contributed by atoms with Crippen LogP contribution in [-0.2, 0) is 14.3 Å². The topological polar surface area (TPSA) is 63.6 Å². The van der Waals surface area contributed by atoms with Crippen LogP contribution in [0.3, 0.4) is 0 Å². The highest BCUT2D eigenvalue weighted by Crippen LogP contribution is 2.33. The van der Waals surface area contributed by atoms with E-state index in [1.165, 1.54) is 0 Å². The van der Waals surface area contributed by atoms with Crippen molar-refractivity contribution in [1.29, 1.82) is 0 Å². The van der Waals surface area contributed by atoms with E-state index in [4.69, 9.17) is 4.74 Å². The molecule has 0 amide bonds. The van der Waals surface area contributed by atoms with Crippen LogP contribution < -0.4 is 0 Å². The summed E-state index contributed by atoms with van der Waals surface area (Å²) < 4.78 is 5.69. The summed E-state index contributed by atoms with van der Waals surface area (Å²) in [6.07, 6.45) is 1.73. The summed E-state index contributed by atoms with van der Waals surface area (Å²) >= 11 is 0. The predicted molar refractivity (Wildman–Crippen MR) is 56.9 cm³/mol. The number of rotatable bonds is 2. The number of ketones is 2. The first-order valence-corrected chi connectivity index (χ1v) is 6.05. The van der Waals surface area contributed by atoms with Crippen LogP contribution in [0, 0.1) is 5.92 Å². The summed E-state index contributed by atoms with van der Waals surface area (Å²) in [7, 11) is 0. The Morgan fingerprint density at radius 3 is 2.88 bits per heavy atom. The lowest BCUT2D eigenvalue weighted by Crippen LogP contribution is -2.55. The number of ether oxygens (including phenoxy) is 1. The van der Waals surface area contributed by atoms with E-state index in [1.807, 2.05) is 6.92 Å². The van der Waals surface area contributed by atoms with Gasteiger partial charge in [-0.25, -0.2) is 0 Å². The van der Waals surface area contributed by atoms with Crippen molar-refractivity contribution in [2.24, 2.45) is 5.92 Å². The molecule has 1 heterocycles. The second-order valence-corrected chi connectivity index (χ2v) is 4.69. The Labute approximate surface area is 95.0 Å². The van der Waals surface area contributed by atoms with Crippen LogP contribution in [-0.4, -0.2) is 35.0 Å². The van der Waals surface area contributed by atoms with Crippen LogP contribution >= 0.6 is 0 Å². The monoisotopic (exact) mass is 226 g/mol. The third-order valence-electron chi connectivity index (χ3n) is 3.50. The van der Waals surface area contributed by atoms with Gasteiger partial charge in [0.25, 0.3) is 0 Å². The first kappa shape index (κ1) is 11.7. The summed E-state index contributed by atoms with van der Waals surface area (Å²) in [5, 5.41) is 9.80. The fourth-order valence-electron chi connectivity index (χ4n) is 2.67. The molecule has 0 aromatic heterocycles. The number of aliphatic hydroxyl groups is 1. The minimum absolute atomic E-state index is 0.0600. The number of aliphatic hydroxyl groups excluding tert-OH is 1. The van der Waals surface area contributed by atoms with E-state index in [9.17, 15) is 14.7 Å². The van der Waals surface area contributed by atoms with Crippen molar-refractivity contribution in [1.82, 2.24) is 0 Å². The van der Waals surface area contributed by atoms with Gasteiger partial charge < -0.3 is 9.84 Å². The molecule has 16 heavy (non-hydrogen) atoms. The molecule has 4 heteroatoms. The van der Waals surface area contributed by atoms with Crippen molar-refractivity contribution in [3.8, 4) is 0 Å². The van der Waals surface area contributed by atoms with Gasteiger partial charge in [0.05, 0.1) is 12.2 Å². The zero-order chi connectivity index (χ0) is 11.7. The summed E-state index contributed by atoms with van der Waals surface area (Å²) in [5.74, 6) is -1.08. The quantitative estimate of drug-likeness (QED) is 0.709. The van der Waals surface area contributed by atoms with E-state index >= 15 is 0 Å². The van der Waals surface area contributed by atoms with Crippen LogP contribution in [0.15, 0.2) is 0 Å². The molecule has 2 fully saturated rings. The lowest BCUT2D eigenvalue weighted by atomic mass is 9.77. The second kappa shape index (κ2) is 4.63. The molecule has 90 valence electrons. The molecule has 2 rings (SSSR count). The zero-order valence-corrected chi connectivity index (χ0v) is 9.52. The summed E-state index contributed by atoms with van der Waals surface area (Å²) in [4.78, 5) is 23.5. The SMILES string of the molecule is CCC[C@H]1OC2CCCC(=O)C2C(=O)[C@@H]1O. The van der Waals surface area contributed by atoms with Gasteiger partial charge in [0, 0.05) is 6.42 Å². The molecular weight excluding hydrogens is 208 g/mol. The van der Waals surface area contributed by atoms with Gasteiger partial charge in [0.1, 0.15) is 17.8 Å². The van der Waals surface area contributed by atoms with Crippen LogP contribution in [0.2, 0.25) is 0 Å². The molecular formula is C12H18O4. The molecule has 0 aromatic carbocycles. The fraction of sp³-hybridized carbons (Fsp3) is 0.833. The Morgan fingerprint density at radius 1 is 1.44 bits per heavy atom. The molecule has 2 aliphatic rings. The summed E-state index contributed by atoms with van der Waals surface area (Å²) in [6, 6.07) is 0. The smallest absolute Gasteiger partial charge is 0.176 e. The van der Waals surface area contributed by atoms with Gasteiger partial charge in [0.2, 0.25) is 0 Å². The molecule has 0 aromatic rings. The third-order valence-corrected chi connectivity index (χ3v) is 3.50. The molecule has 1 saturated heterocycles. The van der Waals surface area contributed by atoms with E-state index in [1.54, 1.807) is 0 Å². The maximum Gasteiger partial charge on any atom is 0.176 e. The third kappa shape index (κ3) is 1.92. The minimum Gasteiger partial charge on any atom is -0.383 e. The normalized spacial score (nSPS) is 39.6. The van der Waals surface area contributed by atoms with E-state index in [0.717, 1.165) is 19.3 Å². The largest absolute Gasteiger partial charge is 0.383 e. The highest BCUT2D eigenvalue weighted by atomic mass is 16.5. The summed E-state index contributed by atoms with van der Waals surface area (Å²) in [6.45, 7) is 1.98. The van der Waals surface area contributed by atoms with Crippen molar-refractivity contribution >= 4 is 11.6 Å². The molecule has 4 atom stereocenters. The maximum atomic E-state index is 11.9. The zero-order valence-electron chi connectivity index (χ0n) is 9.52. The van der Waals surface area contributed by atoms with Gasteiger partial charge in [-0.2, -0.15) is 0 Å². The molecule has 2 unspecified atom stereocenters. The molecule has 4 nitrogen and oxygen atoms in total. The molecule has 1 aliphatic heterocycles. The lowest BCUT2D eigenvalue weighted by Gasteiger charge is -2.40. The lowest BCUT2D eigenvalue weighted by molar-refractivity contribution is -0.178. The minimum atomic E-state index is -1.11. The fourth-order valence-corrected chi connectivity index (χ4v) is 2.67. The number of carbonyl (C=O) groups excluding carboxylic acids is 2. The van der Waals surface area contributed by atoms with E-state index in [0.29, 0.717) is 12.8 Å². The van der Waals surface area contributed by atoms with E-state index < -0.39 is 18.1 Å². The van der Waals surface area contributed by atoms with Crippen LogP contribution in [0.5, 0.6) is 0 Å². The van der Waals surface area contributed by atoms with Gasteiger partial charge in [0.15, 0.2) is 5.78 Å². The van der Waals surface area contributed by atoms with Crippen LogP contribution in [0.25, 0.3) is 0 Å².